The van der Waals surface area contributed by atoms with Gasteiger partial charge in [-0.1, -0.05) is 11.8 Å². The lowest BCUT2D eigenvalue weighted by molar-refractivity contribution is -0.147. The molecule has 0 radical (unpaired) electrons. The van der Waals surface area contributed by atoms with E-state index in [9.17, 15) is 27.9 Å². The number of amides is 1. The van der Waals surface area contributed by atoms with Gasteiger partial charge in [-0.3, -0.25) is 9.69 Å². The van der Waals surface area contributed by atoms with Gasteiger partial charge in [-0.05, 0) is 5.57 Å². The number of hydrogen-bond donors (Lipinski definition) is 2. The lowest BCUT2D eigenvalue weighted by Crippen LogP contribution is -2.68. The van der Waals surface area contributed by atoms with Gasteiger partial charge < -0.3 is 15.4 Å². The van der Waals surface area contributed by atoms with Gasteiger partial charge in [-0.25, -0.2) is 4.79 Å². The van der Waals surface area contributed by atoms with Crippen molar-refractivity contribution in [1.82, 2.24) is 19.7 Å². The first kappa shape index (κ1) is 18.1. The Balaban J connectivity index is 1.81. The summed E-state index contributed by atoms with van der Waals surface area (Å²) in [6, 6.07) is -0.735. The highest BCUT2D eigenvalue weighted by Gasteiger charge is 2.51. The minimum atomic E-state index is -4.62. The number of β-lactam (4-membered cyclic amide) rings is 1. The Morgan fingerprint density at radius 2 is 2.16 bits per heavy atom. The van der Waals surface area contributed by atoms with Crippen LogP contribution in [0.1, 0.15) is 5.82 Å². The zero-order valence-electron chi connectivity index (χ0n) is 12.6. The highest BCUT2D eigenvalue weighted by molar-refractivity contribution is 8.01. The highest BCUT2D eigenvalue weighted by atomic mass is 32.2. The van der Waals surface area contributed by atoms with Crippen LogP contribution in [0.2, 0.25) is 0 Å². The van der Waals surface area contributed by atoms with Gasteiger partial charge in [0.25, 0.3) is 0 Å². The number of aromatic nitrogens is 3. The zero-order chi connectivity index (χ0) is 18.5. The Kier molecular flexibility index (Phi) is 4.49. The molecule has 2 aliphatic rings. The number of nitrogens with zero attached hydrogens (tertiary/aromatic N) is 4. The second-order valence-corrected chi connectivity index (χ2v) is 7.39. The summed E-state index contributed by atoms with van der Waals surface area (Å²) < 4.78 is 39.0. The van der Waals surface area contributed by atoms with E-state index in [1.807, 2.05) is 0 Å². The van der Waals surface area contributed by atoms with Crippen molar-refractivity contribution >= 4 is 35.4 Å². The lowest BCUT2D eigenvalue weighted by Gasteiger charge is -2.48. The fourth-order valence-corrected chi connectivity index (χ4v) is 4.87. The van der Waals surface area contributed by atoms with E-state index in [0.29, 0.717) is 11.3 Å². The molecule has 136 valence electrons. The van der Waals surface area contributed by atoms with E-state index in [1.165, 1.54) is 18.8 Å². The van der Waals surface area contributed by atoms with Crippen LogP contribution in [0.15, 0.2) is 16.4 Å². The van der Waals surface area contributed by atoms with Crippen molar-refractivity contribution in [3.05, 3.63) is 17.1 Å². The number of fused-ring (bicyclic) bond motifs is 1. The van der Waals surface area contributed by atoms with E-state index in [1.54, 1.807) is 0 Å². The standard InChI is InChI=1S/C12H12F3N5O3S2/c1-19-10(12(13,14)15)17-18-11(19)25-3-4-2-24-8-5(16)7(21)20(8)6(4)9(22)23/h5,8H,2-3,16H2,1H3,(H,22,23)/t5?,8-/m0/s1. The Morgan fingerprint density at radius 3 is 2.72 bits per heavy atom. The van der Waals surface area contributed by atoms with Crippen molar-refractivity contribution < 1.29 is 27.9 Å². The molecule has 0 aromatic carbocycles. The molecule has 8 nitrogen and oxygen atoms in total. The van der Waals surface area contributed by atoms with Gasteiger partial charge in [0, 0.05) is 18.6 Å². The summed E-state index contributed by atoms with van der Waals surface area (Å²) in [4.78, 5) is 24.5. The smallest absolute Gasteiger partial charge is 0.451 e. The number of thioether (sulfide) groups is 2. The van der Waals surface area contributed by atoms with Gasteiger partial charge in [0.15, 0.2) is 5.16 Å². The summed E-state index contributed by atoms with van der Waals surface area (Å²) >= 11 is 2.25. The predicted molar refractivity (Wildman–Crippen MR) is 82.5 cm³/mol. The van der Waals surface area contributed by atoms with Crippen LogP contribution in [-0.2, 0) is 22.8 Å². The molecular formula is C12H12F3N5O3S2. The van der Waals surface area contributed by atoms with Gasteiger partial charge in [-0.2, -0.15) is 13.2 Å². The van der Waals surface area contributed by atoms with Crippen LogP contribution in [-0.4, -0.2) is 59.6 Å². The second-order valence-electron chi connectivity index (χ2n) is 5.34. The maximum Gasteiger partial charge on any atom is 0.451 e. The Hall–Kier alpha value is -1.73. The van der Waals surface area contributed by atoms with Crippen LogP contribution >= 0.6 is 23.5 Å². The summed E-state index contributed by atoms with van der Waals surface area (Å²) in [5.74, 6) is -2.49. The van der Waals surface area contributed by atoms with E-state index < -0.39 is 35.3 Å². The Labute approximate surface area is 147 Å². The molecule has 0 aliphatic carbocycles. The van der Waals surface area contributed by atoms with Crippen LogP contribution < -0.4 is 5.73 Å². The number of rotatable bonds is 4. The molecule has 1 saturated heterocycles. The van der Waals surface area contributed by atoms with Crippen LogP contribution in [0.3, 0.4) is 0 Å². The fourth-order valence-electron chi connectivity index (χ4n) is 2.53. The van der Waals surface area contributed by atoms with E-state index in [-0.39, 0.29) is 16.6 Å². The molecule has 1 aromatic rings. The minimum Gasteiger partial charge on any atom is -0.477 e. The molecule has 3 N–H and O–H groups in total. The third-order valence-electron chi connectivity index (χ3n) is 3.75. The summed E-state index contributed by atoms with van der Waals surface area (Å²) in [7, 11) is 1.18. The molecule has 0 bridgehead atoms. The third kappa shape index (κ3) is 3.00. The van der Waals surface area contributed by atoms with Crippen molar-refractivity contribution in [1.29, 1.82) is 0 Å². The number of halogens is 3. The molecule has 1 amide bonds. The number of aliphatic carboxylic acids is 1. The molecule has 25 heavy (non-hydrogen) atoms. The molecule has 1 aromatic heterocycles. The molecule has 2 aliphatic heterocycles. The maximum atomic E-state index is 12.7. The molecule has 13 heteroatoms. The molecule has 3 heterocycles. The first-order valence-corrected chi connectivity index (χ1v) is 8.91. The van der Waals surface area contributed by atoms with Crippen LogP contribution in [0.25, 0.3) is 0 Å². The molecule has 3 rings (SSSR count). The van der Waals surface area contributed by atoms with Gasteiger partial charge in [0.1, 0.15) is 17.1 Å². The maximum absolute atomic E-state index is 12.7. The van der Waals surface area contributed by atoms with E-state index >= 15 is 0 Å². The van der Waals surface area contributed by atoms with Crippen LogP contribution in [0, 0.1) is 0 Å². The lowest BCUT2D eigenvalue weighted by atomic mass is 10.0. The first-order valence-electron chi connectivity index (χ1n) is 6.88. The molecule has 1 unspecified atom stereocenters. The minimum absolute atomic E-state index is 0.00308. The summed E-state index contributed by atoms with van der Waals surface area (Å²) in [5.41, 5.74) is 5.93. The largest absolute Gasteiger partial charge is 0.477 e. The van der Waals surface area contributed by atoms with Gasteiger partial charge >= 0.3 is 12.1 Å². The molecule has 0 saturated carbocycles. The van der Waals surface area contributed by atoms with E-state index in [0.717, 1.165) is 21.2 Å². The van der Waals surface area contributed by atoms with Gasteiger partial charge in [0.2, 0.25) is 11.7 Å². The Bertz CT molecular complexity index is 779. The number of hydrogen-bond acceptors (Lipinski definition) is 7. The van der Waals surface area contributed by atoms with E-state index in [2.05, 4.69) is 10.2 Å². The molecule has 0 spiro atoms. The highest BCUT2D eigenvalue weighted by Crippen LogP contribution is 2.40. The number of alkyl halides is 3. The zero-order valence-corrected chi connectivity index (χ0v) is 14.3. The topological polar surface area (TPSA) is 114 Å². The van der Waals surface area contributed by atoms with Crippen molar-refractivity contribution in [3.63, 3.8) is 0 Å². The van der Waals surface area contributed by atoms with Gasteiger partial charge in [-0.15, -0.1) is 22.0 Å². The molecule has 2 atom stereocenters. The summed E-state index contributed by atoms with van der Waals surface area (Å²) in [5, 5.41) is 15.6. The normalized spacial score (nSPS) is 23.6. The number of nitrogens with two attached hydrogens (primary N) is 1. The van der Waals surface area contributed by atoms with E-state index in [4.69, 9.17) is 5.73 Å². The van der Waals surface area contributed by atoms with Crippen LogP contribution in [0.4, 0.5) is 13.2 Å². The molecule has 1 fully saturated rings. The molecular weight excluding hydrogens is 383 g/mol. The number of carbonyl (C=O) groups is 2. The van der Waals surface area contributed by atoms with Crippen molar-refractivity contribution in [3.8, 4) is 0 Å². The summed E-state index contributed by atoms with van der Waals surface area (Å²) in [6.45, 7) is 0. The fraction of sp³-hybridized carbons (Fsp3) is 0.500. The second kappa shape index (κ2) is 6.21. The quantitative estimate of drug-likeness (QED) is 0.560. The third-order valence-corrected chi connectivity index (χ3v) is 6.22. The SMILES string of the molecule is Cn1c(SCC2=C(C(=O)O)N3C(=O)C(N)[C@@H]3SC2)nnc1C(F)(F)F. The monoisotopic (exact) mass is 395 g/mol. The average molecular weight is 395 g/mol. The predicted octanol–water partition coefficient (Wildman–Crippen LogP) is 0.507. The van der Waals surface area contributed by atoms with Crippen molar-refractivity contribution in [2.24, 2.45) is 12.8 Å². The number of carboxylic acids is 1. The van der Waals surface area contributed by atoms with Gasteiger partial charge in [0.05, 0.1) is 0 Å². The summed E-state index contributed by atoms with van der Waals surface area (Å²) in [6.07, 6.45) is -4.62. The van der Waals surface area contributed by atoms with Crippen molar-refractivity contribution in [2.75, 3.05) is 11.5 Å². The average Bonchev–Trinajstić information content (AvgIpc) is 2.91. The number of carbonyl (C=O) groups excluding carboxylic acids is 1. The number of carboxylic acid groups (broad SMARTS) is 1. The Morgan fingerprint density at radius 1 is 1.48 bits per heavy atom. The van der Waals surface area contributed by atoms with Crippen LogP contribution in [0.5, 0.6) is 0 Å². The van der Waals surface area contributed by atoms with Crippen molar-refractivity contribution in [2.45, 2.75) is 22.7 Å². The first-order chi connectivity index (χ1) is 11.6.